The monoisotopic (exact) mass is 350 g/mol. The molecular formula is C15H15BrN2O3. The Morgan fingerprint density at radius 2 is 2.14 bits per heavy atom. The number of anilines is 1. The standard InChI is InChI=1S/C15H15BrN2O3/c1-10(19)12-8-11(16)9-13(17)15(12)21-7-6-18-5-3-2-4-14(18)20/h2-5,8-9H,6-7,17H2,1H3. The molecule has 0 saturated heterocycles. The van der Waals surface area contributed by atoms with E-state index in [4.69, 9.17) is 10.5 Å². The number of nitrogen functional groups attached to an aromatic ring is 1. The number of nitrogens with two attached hydrogens (primary N) is 1. The predicted molar refractivity (Wildman–Crippen MR) is 84.8 cm³/mol. The van der Waals surface area contributed by atoms with Crippen molar-refractivity contribution in [2.45, 2.75) is 13.5 Å². The number of carbonyl (C=O) groups excluding carboxylic acids is 1. The Morgan fingerprint density at radius 1 is 1.38 bits per heavy atom. The minimum atomic E-state index is -0.130. The van der Waals surface area contributed by atoms with E-state index in [0.717, 1.165) is 4.47 Å². The number of rotatable bonds is 5. The van der Waals surface area contributed by atoms with Gasteiger partial charge in [-0.25, -0.2) is 0 Å². The van der Waals surface area contributed by atoms with Crippen LogP contribution in [0.4, 0.5) is 5.69 Å². The van der Waals surface area contributed by atoms with Crippen LogP contribution < -0.4 is 16.0 Å². The lowest BCUT2D eigenvalue weighted by molar-refractivity contribution is 0.101. The molecule has 2 rings (SSSR count). The Labute approximate surface area is 130 Å². The molecule has 1 aromatic heterocycles. The SMILES string of the molecule is CC(=O)c1cc(Br)cc(N)c1OCCn1ccccc1=O. The summed E-state index contributed by atoms with van der Waals surface area (Å²) in [4.78, 5) is 23.2. The van der Waals surface area contributed by atoms with Crippen LogP contribution in [0.5, 0.6) is 5.75 Å². The molecule has 0 spiro atoms. The van der Waals surface area contributed by atoms with Gasteiger partial charge in [-0.2, -0.15) is 0 Å². The number of carbonyl (C=O) groups is 1. The molecule has 21 heavy (non-hydrogen) atoms. The molecule has 110 valence electrons. The molecule has 1 aromatic carbocycles. The molecule has 0 aliphatic heterocycles. The van der Waals surface area contributed by atoms with E-state index in [-0.39, 0.29) is 17.9 Å². The number of aromatic nitrogens is 1. The second kappa shape index (κ2) is 6.58. The third-order valence-electron chi connectivity index (χ3n) is 2.94. The Kier molecular flexibility index (Phi) is 4.80. The van der Waals surface area contributed by atoms with Crippen molar-refractivity contribution in [2.24, 2.45) is 0 Å². The Hall–Kier alpha value is -2.08. The maximum Gasteiger partial charge on any atom is 0.250 e. The van der Waals surface area contributed by atoms with Crippen LogP contribution in [0.15, 0.2) is 45.8 Å². The van der Waals surface area contributed by atoms with E-state index in [0.29, 0.717) is 23.5 Å². The lowest BCUT2D eigenvalue weighted by Gasteiger charge is -2.13. The van der Waals surface area contributed by atoms with Gasteiger partial charge in [0.1, 0.15) is 6.61 Å². The molecule has 0 fully saturated rings. The highest BCUT2D eigenvalue weighted by molar-refractivity contribution is 9.10. The minimum absolute atomic E-state index is 0.100. The second-order valence-electron chi connectivity index (χ2n) is 4.51. The molecule has 0 aliphatic carbocycles. The molecule has 0 radical (unpaired) electrons. The molecule has 5 nitrogen and oxygen atoms in total. The number of ether oxygens (including phenoxy) is 1. The highest BCUT2D eigenvalue weighted by Gasteiger charge is 2.13. The number of halogens is 1. The number of hydrogen-bond acceptors (Lipinski definition) is 4. The number of nitrogens with zero attached hydrogens (tertiary/aromatic N) is 1. The van der Waals surface area contributed by atoms with E-state index in [2.05, 4.69) is 15.9 Å². The Balaban J connectivity index is 2.15. The van der Waals surface area contributed by atoms with Gasteiger partial charge in [0.15, 0.2) is 11.5 Å². The molecule has 0 unspecified atom stereocenters. The fourth-order valence-electron chi connectivity index (χ4n) is 1.93. The number of hydrogen-bond donors (Lipinski definition) is 1. The van der Waals surface area contributed by atoms with E-state index in [1.165, 1.54) is 17.6 Å². The first-order chi connectivity index (χ1) is 9.99. The molecule has 0 amide bonds. The summed E-state index contributed by atoms with van der Waals surface area (Å²) in [6.45, 7) is 2.08. The lowest BCUT2D eigenvalue weighted by atomic mass is 10.1. The maximum atomic E-state index is 11.6. The topological polar surface area (TPSA) is 74.3 Å². The zero-order chi connectivity index (χ0) is 15.4. The van der Waals surface area contributed by atoms with Gasteiger partial charge >= 0.3 is 0 Å². The van der Waals surface area contributed by atoms with Crippen molar-refractivity contribution in [1.29, 1.82) is 0 Å². The summed E-state index contributed by atoms with van der Waals surface area (Å²) in [6, 6.07) is 8.28. The summed E-state index contributed by atoms with van der Waals surface area (Å²) < 4.78 is 7.87. The summed E-state index contributed by atoms with van der Waals surface area (Å²) >= 11 is 3.30. The predicted octanol–water partition coefficient (Wildman–Crippen LogP) is 2.47. The minimum Gasteiger partial charge on any atom is -0.489 e. The third kappa shape index (κ3) is 3.72. The number of benzene rings is 1. The van der Waals surface area contributed by atoms with Crippen molar-refractivity contribution in [2.75, 3.05) is 12.3 Å². The normalized spacial score (nSPS) is 10.4. The maximum absolute atomic E-state index is 11.6. The van der Waals surface area contributed by atoms with Gasteiger partial charge in [0.2, 0.25) is 0 Å². The number of ketones is 1. The van der Waals surface area contributed by atoms with Crippen LogP contribution in [-0.2, 0) is 6.54 Å². The van der Waals surface area contributed by atoms with E-state index in [9.17, 15) is 9.59 Å². The van der Waals surface area contributed by atoms with Crippen LogP contribution in [0.25, 0.3) is 0 Å². The second-order valence-corrected chi connectivity index (χ2v) is 5.42. The molecule has 0 aliphatic rings. The van der Waals surface area contributed by atoms with Gasteiger partial charge < -0.3 is 15.0 Å². The molecule has 1 heterocycles. The van der Waals surface area contributed by atoms with Crippen LogP contribution in [-0.4, -0.2) is 17.0 Å². The average Bonchev–Trinajstić information content (AvgIpc) is 2.42. The van der Waals surface area contributed by atoms with Crippen LogP contribution >= 0.6 is 15.9 Å². The lowest BCUT2D eigenvalue weighted by Crippen LogP contribution is -2.21. The highest BCUT2D eigenvalue weighted by atomic mass is 79.9. The van der Waals surface area contributed by atoms with Crippen molar-refractivity contribution >= 4 is 27.4 Å². The van der Waals surface area contributed by atoms with Gasteiger partial charge in [-0.05, 0) is 25.1 Å². The molecule has 2 aromatic rings. The molecule has 0 saturated carbocycles. The quantitative estimate of drug-likeness (QED) is 0.663. The van der Waals surface area contributed by atoms with Crippen LogP contribution in [0.2, 0.25) is 0 Å². The summed E-state index contributed by atoms with van der Waals surface area (Å²) in [5.74, 6) is 0.226. The summed E-state index contributed by atoms with van der Waals surface area (Å²) in [5.41, 5.74) is 6.60. The first kappa shape index (κ1) is 15.3. The van der Waals surface area contributed by atoms with E-state index < -0.39 is 0 Å². The molecule has 0 bridgehead atoms. The molecule has 6 heteroatoms. The Morgan fingerprint density at radius 3 is 2.81 bits per heavy atom. The summed E-state index contributed by atoms with van der Waals surface area (Å²) in [7, 11) is 0. The highest BCUT2D eigenvalue weighted by Crippen LogP contribution is 2.31. The zero-order valence-corrected chi connectivity index (χ0v) is 13.1. The van der Waals surface area contributed by atoms with Gasteiger partial charge in [-0.15, -0.1) is 0 Å². The number of pyridine rings is 1. The van der Waals surface area contributed by atoms with Crippen LogP contribution in [0.3, 0.4) is 0 Å². The smallest absolute Gasteiger partial charge is 0.250 e. The largest absolute Gasteiger partial charge is 0.489 e. The van der Waals surface area contributed by atoms with Crippen molar-refractivity contribution in [3.63, 3.8) is 0 Å². The van der Waals surface area contributed by atoms with Crippen LogP contribution in [0.1, 0.15) is 17.3 Å². The van der Waals surface area contributed by atoms with Crippen molar-refractivity contribution in [3.8, 4) is 5.75 Å². The van der Waals surface area contributed by atoms with Gasteiger partial charge in [-0.1, -0.05) is 22.0 Å². The Bertz CT molecular complexity index is 725. The van der Waals surface area contributed by atoms with E-state index in [1.807, 2.05) is 0 Å². The van der Waals surface area contributed by atoms with E-state index in [1.54, 1.807) is 30.5 Å². The first-order valence-electron chi connectivity index (χ1n) is 6.37. The third-order valence-corrected chi connectivity index (χ3v) is 3.40. The van der Waals surface area contributed by atoms with Gasteiger partial charge in [0.05, 0.1) is 17.8 Å². The molecule has 0 atom stereocenters. The summed E-state index contributed by atoms with van der Waals surface area (Å²) in [5, 5.41) is 0. The van der Waals surface area contributed by atoms with Crippen LogP contribution in [0, 0.1) is 0 Å². The van der Waals surface area contributed by atoms with Gasteiger partial charge in [0.25, 0.3) is 5.56 Å². The van der Waals surface area contributed by atoms with Crippen molar-refractivity contribution < 1.29 is 9.53 Å². The first-order valence-corrected chi connectivity index (χ1v) is 7.16. The molecule has 2 N–H and O–H groups in total. The van der Waals surface area contributed by atoms with Gasteiger partial charge in [0, 0.05) is 16.7 Å². The fraction of sp³-hybridized carbons (Fsp3) is 0.200. The van der Waals surface area contributed by atoms with Gasteiger partial charge in [-0.3, -0.25) is 9.59 Å². The molecular weight excluding hydrogens is 336 g/mol. The van der Waals surface area contributed by atoms with Crippen molar-refractivity contribution in [1.82, 2.24) is 4.57 Å². The average molecular weight is 351 g/mol. The fourth-order valence-corrected chi connectivity index (χ4v) is 2.40. The van der Waals surface area contributed by atoms with E-state index >= 15 is 0 Å². The van der Waals surface area contributed by atoms with Crippen molar-refractivity contribution in [3.05, 3.63) is 56.9 Å². The summed E-state index contributed by atoms with van der Waals surface area (Å²) in [6.07, 6.45) is 1.68. The zero-order valence-electron chi connectivity index (χ0n) is 11.5. The number of Topliss-reactive ketones (excluding diaryl/α,β-unsaturated/α-hetero) is 1.